The van der Waals surface area contributed by atoms with E-state index in [0.717, 1.165) is 44.3 Å². The molecule has 2 amide bonds. The third-order valence-corrected chi connectivity index (χ3v) is 5.25. The van der Waals surface area contributed by atoms with Crippen LogP contribution in [0.25, 0.3) is 0 Å². The number of carbonyl (C=O) groups excluding carboxylic acids is 2. The third-order valence-electron chi connectivity index (χ3n) is 5.25. The van der Waals surface area contributed by atoms with Gasteiger partial charge in [0, 0.05) is 24.8 Å². The monoisotopic (exact) mass is 334 g/mol. The minimum Gasteiger partial charge on any atom is -0.369 e. The zero-order chi connectivity index (χ0) is 16.9. The SMILES string of the molecule is NC(=O)C1CCCCC1NC(=O)CCc1nc(C2CCCC2)no1. The number of amides is 2. The molecule has 0 saturated heterocycles. The van der Waals surface area contributed by atoms with Gasteiger partial charge in [0.2, 0.25) is 17.7 Å². The van der Waals surface area contributed by atoms with Gasteiger partial charge in [-0.15, -0.1) is 0 Å². The third kappa shape index (κ3) is 4.13. The van der Waals surface area contributed by atoms with E-state index in [0.29, 0.717) is 18.2 Å². The molecule has 1 heterocycles. The molecule has 132 valence electrons. The number of aryl methyl sites for hydroxylation is 1. The smallest absolute Gasteiger partial charge is 0.227 e. The maximum Gasteiger partial charge on any atom is 0.227 e. The van der Waals surface area contributed by atoms with Crippen LogP contribution in [0, 0.1) is 5.92 Å². The number of aromatic nitrogens is 2. The Morgan fingerprint density at radius 1 is 1.12 bits per heavy atom. The highest BCUT2D eigenvalue weighted by atomic mass is 16.5. The first kappa shape index (κ1) is 16.9. The van der Waals surface area contributed by atoms with Gasteiger partial charge in [-0.25, -0.2) is 0 Å². The summed E-state index contributed by atoms with van der Waals surface area (Å²) in [6.45, 7) is 0. The van der Waals surface area contributed by atoms with Gasteiger partial charge in [0.25, 0.3) is 0 Å². The molecule has 3 rings (SSSR count). The van der Waals surface area contributed by atoms with Crippen LogP contribution in [0.5, 0.6) is 0 Å². The molecule has 1 aromatic rings. The van der Waals surface area contributed by atoms with Crippen molar-refractivity contribution in [2.75, 3.05) is 0 Å². The van der Waals surface area contributed by atoms with E-state index in [1.54, 1.807) is 0 Å². The van der Waals surface area contributed by atoms with Crippen LogP contribution in [0.3, 0.4) is 0 Å². The normalized spacial score (nSPS) is 24.8. The number of rotatable bonds is 6. The molecule has 1 aromatic heterocycles. The molecule has 2 aliphatic rings. The number of hydrogen-bond donors (Lipinski definition) is 2. The van der Waals surface area contributed by atoms with Gasteiger partial charge in [-0.2, -0.15) is 4.98 Å². The summed E-state index contributed by atoms with van der Waals surface area (Å²) in [5.41, 5.74) is 5.44. The highest BCUT2D eigenvalue weighted by Gasteiger charge is 2.30. The molecule has 2 unspecified atom stereocenters. The highest BCUT2D eigenvalue weighted by Crippen LogP contribution is 2.32. The lowest BCUT2D eigenvalue weighted by Gasteiger charge is -2.29. The van der Waals surface area contributed by atoms with Crippen molar-refractivity contribution in [1.29, 1.82) is 0 Å². The van der Waals surface area contributed by atoms with Gasteiger partial charge in [0.15, 0.2) is 5.82 Å². The second kappa shape index (κ2) is 7.77. The van der Waals surface area contributed by atoms with E-state index in [4.69, 9.17) is 10.3 Å². The largest absolute Gasteiger partial charge is 0.369 e. The molecule has 2 aliphatic carbocycles. The van der Waals surface area contributed by atoms with E-state index in [1.807, 2.05) is 0 Å². The second-order valence-corrected chi connectivity index (χ2v) is 7.00. The maximum atomic E-state index is 12.2. The molecular formula is C17H26N4O3. The number of hydrogen-bond acceptors (Lipinski definition) is 5. The van der Waals surface area contributed by atoms with Crippen LogP contribution in [-0.2, 0) is 16.0 Å². The van der Waals surface area contributed by atoms with Gasteiger partial charge in [-0.05, 0) is 25.7 Å². The van der Waals surface area contributed by atoms with E-state index in [-0.39, 0.29) is 30.2 Å². The number of nitrogens with one attached hydrogen (secondary N) is 1. The Morgan fingerprint density at radius 3 is 2.58 bits per heavy atom. The lowest BCUT2D eigenvalue weighted by Crippen LogP contribution is -2.47. The van der Waals surface area contributed by atoms with Gasteiger partial charge in [-0.3, -0.25) is 9.59 Å². The molecule has 3 N–H and O–H groups in total. The Labute approximate surface area is 141 Å². The Balaban J connectivity index is 1.47. The van der Waals surface area contributed by atoms with Crippen LogP contribution in [0.4, 0.5) is 0 Å². The molecule has 2 saturated carbocycles. The number of nitrogens with zero attached hydrogens (tertiary/aromatic N) is 2. The second-order valence-electron chi connectivity index (χ2n) is 7.00. The summed E-state index contributed by atoms with van der Waals surface area (Å²) >= 11 is 0. The van der Waals surface area contributed by atoms with Crippen LogP contribution < -0.4 is 11.1 Å². The van der Waals surface area contributed by atoms with Gasteiger partial charge in [0.1, 0.15) is 0 Å². The van der Waals surface area contributed by atoms with Crippen molar-refractivity contribution in [3.05, 3.63) is 11.7 Å². The summed E-state index contributed by atoms with van der Waals surface area (Å²) < 4.78 is 5.26. The number of carbonyl (C=O) groups is 2. The van der Waals surface area contributed by atoms with Crippen LogP contribution in [-0.4, -0.2) is 28.0 Å². The van der Waals surface area contributed by atoms with Crippen LogP contribution in [0.2, 0.25) is 0 Å². The molecule has 0 aromatic carbocycles. The maximum absolute atomic E-state index is 12.2. The fourth-order valence-electron chi connectivity index (χ4n) is 3.86. The Morgan fingerprint density at radius 2 is 1.83 bits per heavy atom. The molecule has 0 aliphatic heterocycles. The topological polar surface area (TPSA) is 111 Å². The molecule has 2 fully saturated rings. The number of primary amides is 1. The Bertz CT molecular complexity index is 580. The van der Waals surface area contributed by atoms with Gasteiger partial charge in [-0.1, -0.05) is 30.8 Å². The summed E-state index contributed by atoms with van der Waals surface area (Å²) in [6.07, 6.45) is 8.98. The summed E-state index contributed by atoms with van der Waals surface area (Å²) in [4.78, 5) is 28.1. The lowest BCUT2D eigenvalue weighted by atomic mass is 9.84. The molecule has 24 heavy (non-hydrogen) atoms. The van der Waals surface area contributed by atoms with E-state index in [9.17, 15) is 9.59 Å². The quantitative estimate of drug-likeness (QED) is 0.824. The van der Waals surface area contributed by atoms with E-state index in [1.165, 1.54) is 12.8 Å². The van der Waals surface area contributed by atoms with Gasteiger partial charge >= 0.3 is 0 Å². The van der Waals surface area contributed by atoms with Gasteiger partial charge in [0.05, 0.1) is 5.92 Å². The molecule has 0 bridgehead atoms. The van der Waals surface area contributed by atoms with E-state index < -0.39 is 0 Å². The summed E-state index contributed by atoms with van der Waals surface area (Å²) in [5, 5.41) is 7.00. The van der Waals surface area contributed by atoms with Crippen molar-refractivity contribution < 1.29 is 14.1 Å². The predicted octanol–water partition coefficient (Wildman–Crippen LogP) is 1.82. The summed E-state index contributed by atoms with van der Waals surface area (Å²) in [6, 6.07) is -0.138. The first-order valence-corrected chi connectivity index (χ1v) is 9.04. The highest BCUT2D eigenvalue weighted by molar-refractivity contribution is 5.80. The van der Waals surface area contributed by atoms with Crippen LogP contribution in [0.15, 0.2) is 4.52 Å². The zero-order valence-corrected chi connectivity index (χ0v) is 14.0. The van der Waals surface area contributed by atoms with Crippen LogP contribution in [0.1, 0.15) is 75.4 Å². The average molecular weight is 334 g/mol. The fraction of sp³-hybridized carbons (Fsp3) is 0.765. The molecular weight excluding hydrogens is 308 g/mol. The van der Waals surface area contributed by atoms with Crippen molar-refractivity contribution in [3.63, 3.8) is 0 Å². The standard InChI is InChI=1S/C17H26N4O3/c18-16(23)12-7-3-4-8-13(12)19-14(22)9-10-15-20-17(21-24-15)11-5-1-2-6-11/h11-13H,1-10H2,(H2,18,23)(H,19,22). The van der Waals surface area contributed by atoms with Crippen molar-refractivity contribution >= 4 is 11.8 Å². The predicted molar refractivity (Wildman–Crippen MR) is 86.9 cm³/mol. The average Bonchev–Trinajstić information content (AvgIpc) is 3.24. The van der Waals surface area contributed by atoms with Crippen LogP contribution >= 0.6 is 0 Å². The minimum atomic E-state index is -0.321. The number of nitrogens with two attached hydrogens (primary N) is 1. The summed E-state index contributed by atoms with van der Waals surface area (Å²) in [7, 11) is 0. The zero-order valence-electron chi connectivity index (χ0n) is 14.0. The van der Waals surface area contributed by atoms with Crippen molar-refractivity contribution in [2.24, 2.45) is 11.7 Å². The lowest BCUT2D eigenvalue weighted by molar-refractivity contribution is -0.126. The Kier molecular flexibility index (Phi) is 5.48. The fourth-order valence-corrected chi connectivity index (χ4v) is 3.86. The molecule has 2 atom stereocenters. The molecule has 7 nitrogen and oxygen atoms in total. The van der Waals surface area contributed by atoms with E-state index in [2.05, 4.69) is 15.5 Å². The molecule has 7 heteroatoms. The molecule has 0 spiro atoms. The van der Waals surface area contributed by atoms with Crippen molar-refractivity contribution in [2.45, 2.75) is 76.2 Å². The minimum absolute atomic E-state index is 0.0891. The van der Waals surface area contributed by atoms with E-state index >= 15 is 0 Å². The van der Waals surface area contributed by atoms with Crippen molar-refractivity contribution in [1.82, 2.24) is 15.5 Å². The first-order valence-electron chi connectivity index (χ1n) is 9.04. The first-order chi connectivity index (χ1) is 11.6. The van der Waals surface area contributed by atoms with Crippen molar-refractivity contribution in [3.8, 4) is 0 Å². The molecule has 0 radical (unpaired) electrons. The Hall–Kier alpha value is -1.92. The summed E-state index contributed by atoms with van der Waals surface area (Å²) in [5.74, 6) is 1.05. The van der Waals surface area contributed by atoms with Gasteiger partial charge < -0.3 is 15.6 Å².